The summed E-state index contributed by atoms with van der Waals surface area (Å²) in [5.74, 6) is -0.426. The Bertz CT molecular complexity index is 443. The second-order valence-corrected chi connectivity index (χ2v) is 4.76. The van der Waals surface area contributed by atoms with Gasteiger partial charge in [-0.15, -0.1) is 0 Å². The normalized spacial score (nSPS) is 14.1. The Kier molecular flexibility index (Phi) is 4.73. The van der Waals surface area contributed by atoms with E-state index in [1.165, 1.54) is 0 Å². The Balaban J connectivity index is 2.96. The molecular weight excluding hydrogens is 230 g/mol. The minimum atomic E-state index is -0.812. The van der Waals surface area contributed by atoms with E-state index < -0.39 is 11.9 Å². The number of rotatable bonds is 5. The van der Waals surface area contributed by atoms with Gasteiger partial charge in [-0.25, -0.2) is 0 Å². The summed E-state index contributed by atoms with van der Waals surface area (Å²) in [4.78, 5) is 10.8. The molecule has 18 heavy (non-hydrogen) atoms. The molecule has 0 saturated carbocycles. The van der Waals surface area contributed by atoms with Crippen molar-refractivity contribution in [2.24, 2.45) is 11.7 Å². The number of methoxy groups -OCH3 is 1. The smallest absolute Gasteiger partial charge is 0.306 e. The van der Waals surface area contributed by atoms with E-state index in [1.54, 1.807) is 14.0 Å². The van der Waals surface area contributed by atoms with Crippen molar-refractivity contribution in [3.63, 3.8) is 0 Å². The summed E-state index contributed by atoms with van der Waals surface area (Å²) in [5.41, 5.74) is 9.12. The quantitative estimate of drug-likeness (QED) is 0.843. The molecule has 0 spiro atoms. The van der Waals surface area contributed by atoms with Crippen LogP contribution in [0.5, 0.6) is 5.75 Å². The molecule has 0 radical (unpaired) electrons. The number of carboxylic acid groups (broad SMARTS) is 1. The zero-order valence-electron chi connectivity index (χ0n) is 11.4. The number of hydrogen-bond donors (Lipinski definition) is 2. The molecule has 4 nitrogen and oxygen atoms in total. The monoisotopic (exact) mass is 251 g/mol. The first-order chi connectivity index (χ1) is 8.36. The molecule has 0 aliphatic heterocycles. The molecule has 100 valence electrons. The van der Waals surface area contributed by atoms with Crippen molar-refractivity contribution in [1.82, 2.24) is 0 Å². The van der Waals surface area contributed by atoms with Crippen molar-refractivity contribution in [3.8, 4) is 5.75 Å². The van der Waals surface area contributed by atoms with E-state index >= 15 is 0 Å². The molecule has 0 aliphatic carbocycles. The van der Waals surface area contributed by atoms with Gasteiger partial charge in [-0.3, -0.25) is 4.79 Å². The lowest BCUT2D eigenvalue weighted by molar-refractivity contribution is -0.141. The lowest BCUT2D eigenvalue weighted by atomic mass is 9.92. The van der Waals surface area contributed by atoms with Crippen LogP contribution in [0.2, 0.25) is 0 Å². The Morgan fingerprint density at radius 3 is 2.50 bits per heavy atom. The third kappa shape index (κ3) is 3.23. The summed E-state index contributed by atoms with van der Waals surface area (Å²) >= 11 is 0. The molecule has 0 bridgehead atoms. The van der Waals surface area contributed by atoms with Crippen molar-refractivity contribution in [2.45, 2.75) is 33.2 Å². The van der Waals surface area contributed by atoms with Gasteiger partial charge in [0, 0.05) is 6.04 Å². The lowest BCUT2D eigenvalue weighted by Gasteiger charge is -2.19. The lowest BCUT2D eigenvalue weighted by Crippen LogP contribution is -2.20. The first-order valence-electron chi connectivity index (χ1n) is 6.00. The Morgan fingerprint density at radius 1 is 1.39 bits per heavy atom. The van der Waals surface area contributed by atoms with Crippen LogP contribution in [0.1, 0.15) is 36.1 Å². The third-order valence-electron chi connectivity index (χ3n) is 3.21. The van der Waals surface area contributed by atoms with Crippen LogP contribution in [0.25, 0.3) is 0 Å². The maximum absolute atomic E-state index is 10.8. The highest BCUT2D eigenvalue weighted by atomic mass is 16.5. The Morgan fingerprint density at radius 2 is 2.00 bits per heavy atom. The number of hydrogen-bond acceptors (Lipinski definition) is 3. The topological polar surface area (TPSA) is 72.5 Å². The van der Waals surface area contributed by atoms with Gasteiger partial charge in [-0.1, -0.05) is 13.0 Å². The minimum Gasteiger partial charge on any atom is -0.496 e. The molecule has 0 aromatic heterocycles. The third-order valence-corrected chi connectivity index (χ3v) is 3.21. The van der Waals surface area contributed by atoms with Gasteiger partial charge >= 0.3 is 5.97 Å². The first kappa shape index (κ1) is 14.5. The number of ether oxygens (including phenoxy) is 1. The number of nitrogens with two attached hydrogens (primary N) is 1. The van der Waals surface area contributed by atoms with E-state index in [0.717, 1.165) is 22.4 Å². The van der Waals surface area contributed by atoms with Crippen LogP contribution in [-0.4, -0.2) is 18.2 Å². The van der Waals surface area contributed by atoms with Crippen LogP contribution >= 0.6 is 0 Å². The molecular formula is C14H21NO3. The number of benzene rings is 1. The SMILES string of the molecule is COc1cc(C)c(C(N)CC(C)C(=O)O)cc1C. The number of aryl methyl sites for hydroxylation is 2. The molecule has 0 aliphatic rings. The van der Waals surface area contributed by atoms with Crippen molar-refractivity contribution < 1.29 is 14.6 Å². The minimum absolute atomic E-state index is 0.263. The van der Waals surface area contributed by atoms with Gasteiger partial charge < -0.3 is 15.6 Å². The molecule has 4 heteroatoms. The fourth-order valence-corrected chi connectivity index (χ4v) is 2.04. The van der Waals surface area contributed by atoms with Crippen LogP contribution in [0.15, 0.2) is 12.1 Å². The zero-order chi connectivity index (χ0) is 13.9. The molecule has 0 heterocycles. The van der Waals surface area contributed by atoms with Crippen molar-refractivity contribution in [2.75, 3.05) is 7.11 Å². The summed E-state index contributed by atoms with van der Waals surface area (Å²) in [6, 6.07) is 3.66. The number of aliphatic carboxylic acids is 1. The Hall–Kier alpha value is -1.55. The van der Waals surface area contributed by atoms with Crippen molar-refractivity contribution in [1.29, 1.82) is 0 Å². The largest absolute Gasteiger partial charge is 0.496 e. The van der Waals surface area contributed by atoms with Gasteiger partial charge in [0.2, 0.25) is 0 Å². The molecule has 1 aromatic rings. The van der Waals surface area contributed by atoms with Crippen LogP contribution in [0, 0.1) is 19.8 Å². The second kappa shape index (κ2) is 5.87. The highest BCUT2D eigenvalue weighted by Gasteiger charge is 2.18. The average molecular weight is 251 g/mol. The van der Waals surface area contributed by atoms with Gasteiger partial charge in [-0.2, -0.15) is 0 Å². The number of carboxylic acids is 1. The summed E-state index contributed by atoms with van der Waals surface area (Å²) in [7, 11) is 1.63. The molecule has 0 amide bonds. The molecule has 2 unspecified atom stereocenters. The maximum Gasteiger partial charge on any atom is 0.306 e. The predicted octanol–water partition coefficient (Wildman–Crippen LogP) is 2.42. The van der Waals surface area contributed by atoms with Crippen molar-refractivity contribution >= 4 is 5.97 Å². The average Bonchev–Trinajstić information content (AvgIpc) is 2.31. The Labute approximate surface area is 108 Å². The summed E-state index contributed by atoms with van der Waals surface area (Å²) in [6.07, 6.45) is 0.432. The molecule has 0 fully saturated rings. The fraction of sp³-hybridized carbons (Fsp3) is 0.500. The van der Waals surface area contributed by atoms with E-state index in [-0.39, 0.29) is 6.04 Å². The predicted molar refractivity (Wildman–Crippen MR) is 70.8 cm³/mol. The first-order valence-corrected chi connectivity index (χ1v) is 6.00. The van der Waals surface area contributed by atoms with Gasteiger partial charge in [0.05, 0.1) is 13.0 Å². The summed E-state index contributed by atoms with van der Waals surface area (Å²) in [5, 5.41) is 8.91. The van der Waals surface area contributed by atoms with Crippen LogP contribution < -0.4 is 10.5 Å². The molecule has 1 aromatic carbocycles. The molecule has 3 N–H and O–H groups in total. The van der Waals surface area contributed by atoms with Crippen molar-refractivity contribution in [3.05, 3.63) is 28.8 Å². The highest BCUT2D eigenvalue weighted by molar-refractivity contribution is 5.69. The van der Waals surface area contributed by atoms with E-state index in [4.69, 9.17) is 15.6 Å². The number of carbonyl (C=O) groups is 1. The second-order valence-electron chi connectivity index (χ2n) is 4.76. The molecule has 1 rings (SSSR count). The van der Waals surface area contributed by atoms with Gasteiger partial charge in [0.25, 0.3) is 0 Å². The van der Waals surface area contributed by atoms with Crippen LogP contribution in [0.3, 0.4) is 0 Å². The standard InChI is InChI=1S/C14H21NO3/c1-8-7-13(18-4)9(2)5-11(8)12(15)6-10(3)14(16)17/h5,7,10,12H,6,15H2,1-4H3,(H,16,17). The zero-order valence-corrected chi connectivity index (χ0v) is 11.4. The van der Waals surface area contributed by atoms with E-state index in [1.807, 2.05) is 26.0 Å². The summed E-state index contributed by atoms with van der Waals surface area (Å²) < 4.78 is 5.24. The van der Waals surface area contributed by atoms with Crippen LogP contribution in [-0.2, 0) is 4.79 Å². The van der Waals surface area contributed by atoms with Crippen LogP contribution in [0.4, 0.5) is 0 Å². The molecule has 2 atom stereocenters. The van der Waals surface area contributed by atoms with Gasteiger partial charge in [0.15, 0.2) is 0 Å². The van der Waals surface area contributed by atoms with E-state index in [0.29, 0.717) is 6.42 Å². The fourth-order valence-electron chi connectivity index (χ4n) is 2.04. The van der Waals surface area contributed by atoms with E-state index in [2.05, 4.69) is 0 Å². The highest BCUT2D eigenvalue weighted by Crippen LogP contribution is 2.28. The van der Waals surface area contributed by atoms with E-state index in [9.17, 15) is 4.79 Å². The van der Waals surface area contributed by atoms with Gasteiger partial charge in [0.1, 0.15) is 5.75 Å². The molecule has 0 saturated heterocycles. The summed E-state index contributed by atoms with van der Waals surface area (Å²) in [6.45, 7) is 5.59. The maximum atomic E-state index is 10.8. The van der Waals surface area contributed by atoms with Gasteiger partial charge in [-0.05, 0) is 43.0 Å².